The molecule has 6 nitrogen and oxygen atoms in total. The number of carbonyl (C=O) groups is 2. The van der Waals surface area contributed by atoms with Gasteiger partial charge in [0.05, 0.1) is 6.33 Å². The second kappa shape index (κ2) is 5.64. The van der Waals surface area contributed by atoms with Crippen molar-refractivity contribution in [1.29, 1.82) is 0 Å². The van der Waals surface area contributed by atoms with E-state index in [2.05, 4.69) is 14.9 Å². The van der Waals surface area contributed by atoms with E-state index in [1.165, 1.54) is 0 Å². The monoisotopic (exact) mass is 276 g/mol. The van der Waals surface area contributed by atoms with E-state index in [9.17, 15) is 9.59 Å². The molecule has 0 saturated carbocycles. The van der Waals surface area contributed by atoms with Crippen LogP contribution in [-0.4, -0.2) is 45.4 Å². The molecule has 1 aromatic heterocycles. The Bertz CT molecular complexity index is 477. The molecule has 1 atom stereocenters. The molecular formula is C14H20N4O2. The highest BCUT2D eigenvalue weighted by Crippen LogP contribution is 2.21. The van der Waals surface area contributed by atoms with Gasteiger partial charge in [0.2, 0.25) is 11.8 Å². The van der Waals surface area contributed by atoms with Gasteiger partial charge in [-0.25, -0.2) is 4.98 Å². The minimum atomic E-state index is -0.285. The third-order valence-corrected chi connectivity index (χ3v) is 4.25. The van der Waals surface area contributed by atoms with E-state index in [1.807, 2.05) is 17.4 Å². The predicted molar refractivity (Wildman–Crippen MR) is 72.7 cm³/mol. The van der Waals surface area contributed by atoms with Crippen LogP contribution < -0.4 is 5.32 Å². The van der Waals surface area contributed by atoms with E-state index in [0.29, 0.717) is 18.8 Å². The minimum absolute atomic E-state index is 0.00153. The van der Waals surface area contributed by atoms with Crippen molar-refractivity contribution in [2.75, 3.05) is 13.1 Å². The van der Waals surface area contributed by atoms with Crippen molar-refractivity contribution in [3.05, 3.63) is 18.7 Å². The van der Waals surface area contributed by atoms with E-state index in [1.54, 1.807) is 6.20 Å². The normalized spacial score (nSPS) is 23.9. The molecule has 0 aliphatic carbocycles. The largest absolute Gasteiger partial charge is 0.344 e. The Morgan fingerprint density at radius 3 is 2.75 bits per heavy atom. The summed E-state index contributed by atoms with van der Waals surface area (Å²) in [5, 5.41) is 2.76. The fraction of sp³-hybridized carbons (Fsp3) is 0.643. The number of carbonyl (C=O) groups excluding carboxylic acids is 2. The first kappa shape index (κ1) is 13.1. The quantitative estimate of drug-likeness (QED) is 0.869. The van der Waals surface area contributed by atoms with Gasteiger partial charge in [-0.2, -0.15) is 0 Å². The maximum atomic E-state index is 12.3. The predicted octanol–water partition coefficient (Wildman–Crippen LogP) is 0.400. The van der Waals surface area contributed by atoms with E-state index in [4.69, 9.17) is 0 Å². The molecule has 0 bridgehead atoms. The van der Waals surface area contributed by atoms with Crippen molar-refractivity contribution in [1.82, 2.24) is 19.8 Å². The lowest BCUT2D eigenvalue weighted by molar-refractivity contribution is -0.135. The standard InChI is InChI=1S/C14H20N4O2/c19-13-2-1-12(16-13)14(20)18-6-3-11(4-7-18)9-17-8-5-15-10-17/h5,8,10-12H,1-4,6-7,9H2,(H,16,19). The molecule has 2 fully saturated rings. The Hall–Kier alpha value is -1.85. The summed E-state index contributed by atoms with van der Waals surface area (Å²) in [5.74, 6) is 0.696. The number of hydrogen-bond donors (Lipinski definition) is 1. The van der Waals surface area contributed by atoms with Gasteiger partial charge in [0.25, 0.3) is 0 Å². The second-order valence-corrected chi connectivity index (χ2v) is 5.69. The Kier molecular flexibility index (Phi) is 3.71. The molecule has 3 rings (SSSR count). The van der Waals surface area contributed by atoms with Gasteiger partial charge in [-0.3, -0.25) is 9.59 Å². The molecule has 1 N–H and O–H groups in total. The van der Waals surface area contributed by atoms with Crippen molar-refractivity contribution in [3.8, 4) is 0 Å². The smallest absolute Gasteiger partial charge is 0.245 e. The summed E-state index contributed by atoms with van der Waals surface area (Å²) in [6, 6.07) is -0.285. The van der Waals surface area contributed by atoms with Gasteiger partial charge in [-0.05, 0) is 25.2 Å². The molecule has 0 aromatic carbocycles. The fourth-order valence-corrected chi connectivity index (χ4v) is 3.05. The van der Waals surface area contributed by atoms with Crippen LogP contribution in [0.1, 0.15) is 25.7 Å². The highest BCUT2D eigenvalue weighted by atomic mass is 16.2. The number of rotatable bonds is 3. The number of nitrogens with zero attached hydrogens (tertiary/aromatic N) is 3. The number of aromatic nitrogens is 2. The number of piperidine rings is 1. The van der Waals surface area contributed by atoms with Gasteiger partial charge >= 0.3 is 0 Å². The summed E-state index contributed by atoms with van der Waals surface area (Å²) in [6.07, 6.45) is 8.77. The van der Waals surface area contributed by atoms with Crippen LogP contribution in [0, 0.1) is 5.92 Å². The van der Waals surface area contributed by atoms with Crippen LogP contribution in [-0.2, 0) is 16.1 Å². The zero-order valence-electron chi connectivity index (χ0n) is 11.5. The lowest BCUT2D eigenvalue weighted by atomic mass is 9.96. The first-order valence-corrected chi connectivity index (χ1v) is 7.26. The molecule has 0 spiro atoms. The zero-order chi connectivity index (χ0) is 13.9. The van der Waals surface area contributed by atoms with Crippen molar-refractivity contribution < 1.29 is 9.59 Å². The molecule has 1 aromatic rings. The first-order valence-electron chi connectivity index (χ1n) is 7.26. The average molecular weight is 276 g/mol. The third-order valence-electron chi connectivity index (χ3n) is 4.25. The third kappa shape index (κ3) is 2.84. The average Bonchev–Trinajstić information content (AvgIpc) is 3.10. The van der Waals surface area contributed by atoms with E-state index < -0.39 is 0 Å². The molecule has 2 aliphatic rings. The van der Waals surface area contributed by atoms with Gasteiger partial charge in [0.15, 0.2) is 0 Å². The van der Waals surface area contributed by atoms with Crippen LogP contribution in [0.25, 0.3) is 0 Å². The highest BCUT2D eigenvalue weighted by molar-refractivity contribution is 5.90. The van der Waals surface area contributed by atoms with Gasteiger partial charge in [-0.1, -0.05) is 0 Å². The van der Waals surface area contributed by atoms with Crippen LogP contribution in [0.2, 0.25) is 0 Å². The SMILES string of the molecule is O=C1CCC(C(=O)N2CCC(Cn3ccnc3)CC2)N1. The summed E-state index contributed by atoms with van der Waals surface area (Å²) in [4.78, 5) is 29.4. The van der Waals surface area contributed by atoms with E-state index in [-0.39, 0.29) is 17.9 Å². The van der Waals surface area contributed by atoms with Gasteiger partial charge < -0.3 is 14.8 Å². The topological polar surface area (TPSA) is 67.2 Å². The fourth-order valence-electron chi connectivity index (χ4n) is 3.05. The molecule has 6 heteroatoms. The molecule has 0 radical (unpaired) electrons. The maximum absolute atomic E-state index is 12.3. The van der Waals surface area contributed by atoms with Crippen LogP contribution in [0.15, 0.2) is 18.7 Å². The van der Waals surface area contributed by atoms with Crippen molar-refractivity contribution in [2.45, 2.75) is 38.3 Å². The Balaban J connectivity index is 1.48. The van der Waals surface area contributed by atoms with Gasteiger partial charge in [0, 0.05) is 38.4 Å². The summed E-state index contributed by atoms with van der Waals surface area (Å²) < 4.78 is 2.10. The van der Waals surface area contributed by atoms with Crippen molar-refractivity contribution in [3.63, 3.8) is 0 Å². The molecule has 2 amide bonds. The number of amides is 2. The lowest BCUT2D eigenvalue weighted by Gasteiger charge is -2.33. The number of imidazole rings is 1. The summed E-state index contributed by atoms with van der Waals surface area (Å²) in [6.45, 7) is 2.57. The molecule has 20 heavy (non-hydrogen) atoms. The number of nitrogens with one attached hydrogen (secondary N) is 1. The highest BCUT2D eigenvalue weighted by Gasteiger charge is 2.32. The number of hydrogen-bond acceptors (Lipinski definition) is 3. The Morgan fingerprint density at radius 2 is 2.15 bits per heavy atom. The summed E-state index contributed by atoms with van der Waals surface area (Å²) in [7, 11) is 0. The van der Waals surface area contributed by atoms with Crippen LogP contribution in [0.3, 0.4) is 0 Å². The molecule has 2 saturated heterocycles. The summed E-state index contributed by atoms with van der Waals surface area (Å²) >= 11 is 0. The maximum Gasteiger partial charge on any atom is 0.245 e. The second-order valence-electron chi connectivity index (χ2n) is 5.69. The first-order chi connectivity index (χ1) is 9.72. The number of likely N-dealkylation sites (tertiary alicyclic amines) is 1. The lowest BCUT2D eigenvalue weighted by Crippen LogP contribution is -2.47. The summed E-state index contributed by atoms with van der Waals surface area (Å²) in [5.41, 5.74) is 0. The van der Waals surface area contributed by atoms with E-state index in [0.717, 1.165) is 32.5 Å². The van der Waals surface area contributed by atoms with Gasteiger partial charge in [0.1, 0.15) is 6.04 Å². The molecule has 3 heterocycles. The van der Waals surface area contributed by atoms with Crippen LogP contribution in [0.4, 0.5) is 0 Å². The van der Waals surface area contributed by atoms with Crippen molar-refractivity contribution >= 4 is 11.8 Å². The molecule has 2 aliphatic heterocycles. The molecular weight excluding hydrogens is 256 g/mol. The molecule has 1 unspecified atom stereocenters. The Morgan fingerprint density at radius 1 is 1.35 bits per heavy atom. The molecule has 108 valence electrons. The van der Waals surface area contributed by atoms with Crippen molar-refractivity contribution in [2.24, 2.45) is 5.92 Å². The van der Waals surface area contributed by atoms with Gasteiger partial charge in [-0.15, -0.1) is 0 Å². The zero-order valence-corrected chi connectivity index (χ0v) is 11.5. The Labute approximate surface area is 118 Å². The van der Waals surface area contributed by atoms with Crippen LogP contribution >= 0.6 is 0 Å². The van der Waals surface area contributed by atoms with E-state index >= 15 is 0 Å². The van der Waals surface area contributed by atoms with Crippen LogP contribution in [0.5, 0.6) is 0 Å². The minimum Gasteiger partial charge on any atom is -0.344 e.